The van der Waals surface area contributed by atoms with Crippen molar-refractivity contribution in [1.82, 2.24) is 9.47 Å². The number of carbonyl (C=O) groups is 1. The lowest BCUT2D eigenvalue weighted by Gasteiger charge is -2.43. The van der Waals surface area contributed by atoms with Crippen LogP contribution in [0.4, 0.5) is 0 Å². The van der Waals surface area contributed by atoms with Gasteiger partial charge < -0.3 is 9.30 Å². The molecule has 1 aromatic heterocycles. The van der Waals surface area contributed by atoms with Crippen molar-refractivity contribution in [3.05, 3.63) is 106 Å². The number of ketones is 1. The number of piperidine rings is 1. The highest BCUT2D eigenvalue weighted by Crippen LogP contribution is 2.36. The Morgan fingerprint density at radius 2 is 1.88 bits per heavy atom. The molecule has 2 aromatic carbocycles. The molecule has 5 rings (SSSR count). The normalized spacial score (nSPS) is 19.9. The first-order chi connectivity index (χ1) is 16.1. The number of nitrogens with zero attached hydrogens (tertiary/aromatic N) is 2. The Morgan fingerprint density at radius 3 is 2.70 bits per heavy atom. The number of carbonyl (C=O) groups excluding carboxylic acids is 1. The number of methoxy groups -OCH3 is 1. The van der Waals surface area contributed by atoms with E-state index in [1.807, 2.05) is 59.2 Å². The van der Waals surface area contributed by atoms with E-state index >= 15 is 0 Å². The van der Waals surface area contributed by atoms with E-state index < -0.39 is 0 Å². The number of pyridine rings is 1. The van der Waals surface area contributed by atoms with Crippen LogP contribution in [0.2, 0.25) is 0 Å². The first-order valence-electron chi connectivity index (χ1n) is 11.5. The van der Waals surface area contributed by atoms with Crippen LogP contribution in [0.1, 0.15) is 39.5 Å². The zero-order valence-electron chi connectivity index (χ0n) is 18.8. The highest BCUT2D eigenvalue weighted by atomic mass is 16.5. The molecule has 1 fully saturated rings. The second-order valence-electron chi connectivity index (χ2n) is 9.03. The zero-order chi connectivity index (χ0) is 22.8. The highest BCUT2D eigenvalue weighted by Gasteiger charge is 2.34. The van der Waals surface area contributed by atoms with Crippen LogP contribution in [0.3, 0.4) is 0 Å². The monoisotopic (exact) mass is 440 g/mol. The molecule has 0 amide bonds. The Morgan fingerprint density at radius 1 is 1.03 bits per heavy atom. The average molecular weight is 441 g/mol. The van der Waals surface area contributed by atoms with Gasteiger partial charge in [-0.3, -0.25) is 14.5 Å². The van der Waals surface area contributed by atoms with Crippen molar-refractivity contribution in [2.24, 2.45) is 5.92 Å². The molecule has 0 radical (unpaired) electrons. The lowest BCUT2D eigenvalue weighted by molar-refractivity contribution is 0.104. The van der Waals surface area contributed by atoms with Gasteiger partial charge in [0.15, 0.2) is 5.78 Å². The van der Waals surface area contributed by atoms with E-state index in [0.29, 0.717) is 17.4 Å². The third-order valence-corrected chi connectivity index (χ3v) is 6.74. The molecular formula is C28H28N2O3. The number of ether oxygens (including phenoxy) is 1. The van der Waals surface area contributed by atoms with E-state index in [9.17, 15) is 9.59 Å². The van der Waals surface area contributed by atoms with E-state index in [1.165, 1.54) is 0 Å². The molecule has 0 saturated carbocycles. The summed E-state index contributed by atoms with van der Waals surface area (Å²) in [5.74, 6) is 1.71. The summed E-state index contributed by atoms with van der Waals surface area (Å²) < 4.78 is 7.60. The predicted octanol–water partition coefficient (Wildman–Crippen LogP) is 4.37. The molecule has 1 saturated heterocycles. The summed E-state index contributed by atoms with van der Waals surface area (Å²) in [6.07, 6.45) is 4.63. The number of allylic oxidation sites excluding steroid dienone is 1. The molecule has 168 valence electrons. The van der Waals surface area contributed by atoms with Gasteiger partial charge in [0.05, 0.1) is 7.11 Å². The molecule has 33 heavy (non-hydrogen) atoms. The molecule has 5 heteroatoms. The average Bonchev–Trinajstić information content (AvgIpc) is 2.84. The van der Waals surface area contributed by atoms with Crippen LogP contribution in [0, 0.1) is 5.92 Å². The lowest BCUT2D eigenvalue weighted by atomic mass is 9.83. The van der Waals surface area contributed by atoms with Gasteiger partial charge in [-0.25, -0.2) is 0 Å². The Balaban J connectivity index is 1.34. The Labute approximate surface area is 193 Å². The number of likely N-dealkylation sites (tertiary alicyclic amines) is 1. The molecule has 0 aliphatic carbocycles. The summed E-state index contributed by atoms with van der Waals surface area (Å²) in [5, 5.41) is 0. The number of benzene rings is 2. The van der Waals surface area contributed by atoms with E-state index in [4.69, 9.17) is 4.74 Å². The van der Waals surface area contributed by atoms with E-state index in [1.54, 1.807) is 19.3 Å². The summed E-state index contributed by atoms with van der Waals surface area (Å²) in [6, 6.07) is 21.0. The highest BCUT2D eigenvalue weighted by molar-refractivity contribution is 6.06. The van der Waals surface area contributed by atoms with E-state index in [0.717, 1.165) is 55.2 Å². The summed E-state index contributed by atoms with van der Waals surface area (Å²) in [6.45, 7) is 3.47. The van der Waals surface area contributed by atoms with Gasteiger partial charge in [0.1, 0.15) is 5.75 Å². The molecule has 5 nitrogen and oxygen atoms in total. The van der Waals surface area contributed by atoms with Crippen LogP contribution in [-0.2, 0) is 13.1 Å². The third-order valence-electron chi connectivity index (χ3n) is 6.74. The smallest absolute Gasteiger partial charge is 0.250 e. The van der Waals surface area contributed by atoms with Crippen LogP contribution in [0.15, 0.2) is 77.6 Å². The van der Waals surface area contributed by atoms with Gasteiger partial charge in [-0.15, -0.1) is 0 Å². The minimum Gasteiger partial charge on any atom is -0.496 e. The van der Waals surface area contributed by atoms with Crippen molar-refractivity contribution in [1.29, 1.82) is 0 Å². The predicted molar refractivity (Wildman–Crippen MR) is 130 cm³/mol. The van der Waals surface area contributed by atoms with Gasteiger partial charge in [-0.1, -0.05) is 48.5 Å². The molecular weight excluding hydrogens is 412 g/mol. The summed E-state index contributed by atoms with van der Waals surface area (Å²) in [4.78, 5) is 27.2. The van der Waals surface area contributed by atoms with Crippen molar-refractivity contribution in [2.75, 3.05) is 20.2 Å². The first-order valence-corrected chi connectivity index (χ1v) is 11.5. The largest absolute Gasteiger partial charge is 0.496 e. The van der Waals surface area contributed by atoms with Crippen molar-refractivity contribution in [3.8, 4) is 5.75 Å². The van der Waals surface area contributed by atoms with Crippen molar-refractivity contribution in [3.63, 3.8) is 0 Å². The Kier molecular flexibility index (Phi) is 5.97. The summed E-state index contributed by atoms with van der Waals surface area (Å²) in [5.41, 5.74) is 4.04. The molecule has 0 unspecified atom stereocenters. The number of aromatic nitrogens is 1. The van der Waals surface area contributed by atoms with Gasteiger partial charge in [-0.2, -0.15) is 0 Å². The van der Waals surface area contributed by atoms with Crippen molar-refractivity contribution >= 4 is 11.9 Å². The fourth-order valence-electron chi connectivity index (χ4n) is 5.26. The van der Waals surface area contributed by atoms with Crippen LogP contribution in [0.5, 0.6) is 5.75 Å². The first kappa shape index (κ1) is 21.4. The van der Waals surface area contributed by atoms with Gasteiger partial charge in [-0.05, 0) is 42.2 Å². The third kappa shape index (κ3) is 4.55. The molecule has 2 atom stereocenters. The van der Waals surface area contributed by atoms with Gasteiger partial charge in [0.2, 0.25) is 0 Å². The molecule has 2 aliphatic rings. The van der Waals surface area contributed by atoms with Crippen LogP contribution < -0.4 is 10.3 Å². The van der Waals surface area contributed by atoms with Gasteiger partial charge in [0, 0.05) is 55.0 Å². The maximum absolute atomic E-state index is 12.4. The number of fused-ring (bicyclic) bond motifs is 4. The quantitative estimate of drug-likeness (QED) is 0.422. The van der Waals surface area contributed by atoms with Crippen LogP contribution in [-0.4, -0.2) is 35.4 Å². The molecule has 3 heterocycles. The maximum Gasteiger partial charge on any atom is 0.250 e. The lowest BCUT2D eigenvalue weighted by Crippen LogP contribution is -2.46. The molecule has 0 N–H and O–H groups in total. The zero-order valence-corrected chi connectivity index (χ0v) is 18.8. The SMILES string of the molecule is COc1ccc(C=CC(=O)c2ccccc2)cc1CN1C[C@@H]2C[C@@H](C1)c1cccc(=O)n1C2. The maximum atomic E-state index is 12.4. The second-order valence-corrected chi connectivity index (χ2v) is 9.03. The number of hydrogen-bond acceptors (Lipinski definition) is 4. The summed E-state index contributed by atoms with van der Waals surface area (Å²) >= 11 is 0. The standard InChI is InChI=1S/C28H28N2O3/c1-33-27-13-11-20(10-12-26(31)22-6-3-2-4-7-22)14-24(27)19-29-16-21-15-23(18-29)25-8-5-9-28(32)30(25)17-21/h2-14,21,23H,15-19H2,1H3/t21-,23-/m0/s1. The second kappa shape index (κ2) is 9.20. The van der Waals surface area contributed by atoms with E-state index in [2.05, 4.69) is 17.0 Å². The van der Waals surface area contributed by atoms with Gasteiger partial charge >= 0.3 is 0 Å². The summed E-state index contributed by atoms with van der Waals surface area (Å²) in [7, 11) is 1.70. The van der Waals surface area contributed by atoms with Crippen LogP contribution in [0.25, 0.3) is 6.08 Å². The fraction of sp³-hybridized carbons (Fsp3) is 0.286. The molecule has 2 aliphatic heterocycles. The van der Waals surface area contributed by atoms with Crippen molar-refractivity contribution in [2.45, 2.75) is 25.4 Å². The molecule has 3 aromatic rings. The Hall–Kier alpha value is -3.44. The Bertz CT molecular complexity index is 1250. The van der Waals surface area contributed by atoms with Gasteiger partial charge in [0.25, 0.3) is 5.56 Å². The molecule has 2 bridgehead atoms. The topological polar surface area (TPSA) is 51.5 Å². The van der Waals surface area contributed by atoms with E-state index in [-0.39, 0.29) is 11.3 Å². The fourth-order valence-corrected chi connectivity index (χ4v) is 5.26. The van der Waals surface area contributed by atoms with Crippen LogP contribution >= 0.6 is 0 Å². The number of hydrogen-bond donors (Lipinski definition) is 0. The molecule has 0 spiro atoms. The minimum atomic E-state index is -0.00858. The number of rotatable bonds is 6. The van der Waals surface area contributed by atoms with Crippen molar-refractivity contribution < 1.29 is 9.53 Å². The minimum absolute atomic E-state index is 0.00858.